The number of carbonyl (C=O) groups excluding carboxylic acids is 2. The van der Waals surface area contributed by atoms with Crippen molar-refractivity contribution >= 4 is 11.7 Å². The van der Waals surface area contributed by atoms with E-state index >= 15 is 0 Å². The van der Waals surface area contributed by atoms with Crippen LogP contribution in [0, 0.1) is 5.92 Å². The maximum Gasteiger partial charge on any atom is 0.253 e. The minimum absolute atomic E-state index is 0.0246. The van der Waals surface area contributed by atoms with Gasteiger partial charge in [-0.05, 0) is 31.2 Å². The molecule has 2 fully saturated rings. The van der Waals surface area contributed by atoms with Crippen molar-refractivity contribution in [1.29, 1.82) is 0 Å². The van der Waals surface area contributed by atoms with Gasteiger partial charge in [-0.25, -0.2) is 0 Å². The van der Waals surface area contributed by atoms with Gasteiger partial charge in [-0.3, -0.25) is 9.59 Å². The Kier molecular flexibility index (Phi) is 2.90. The van der Waals surface area contributed by atoms with Crippen molar-refractivity contribution in [2.24, 2.45) is 5.92 Å². The molecule has 19 heavy (non-hydrogen) atoms. The van der Waals surface area contributed by atoms with Crippen LogP contribution in [0.1, 0.15) is 24.8 Å². The van der Waals surface area contributed by atoms with Crippen LogP contribution in [0.15, 0.2) is 30.3 Å². The van der Waals surface area contributed by atoms with E-state index in [4.69, 9.17) is 0 Å². The van der Waals surface area contributed by atoms with Crippen molar-refractivity contribution in [3.05, 3.63) is 35.9 Å². The number of Topliss-reactive ketones (excluding diaryl/α,β-unsaturated/α-hetero) is 1. The van der Waals surface area contributed by atoms with E-state index in [0.29, 0.717) is 19.3 Å². The second-order valence-electron chi connectivity index (χ2n) is 5.49. The lowest BCUT2D eigenvalue weighted by Gasteiger charge is -2.37. The molecule has 1 aliphatic carbocycles. The van der Waals surface area contributed by atoms with Crippen molar-refractivity contribution < 1.29 is 14.7 Å². The third-order valence-electron chi connectivity index (χ3n) is 4.30. The molecule has 0 aromatic heterocycles. The molecule has 0 spiro atoms. The Hall–Kier alpha value is -1.68. The molecule has 1 aromatic carbocycles. The number of fused-ring (bicyclic) bond motifs is 1. The van der Waals surface area contributed by atoms with Gasteiger partial charge in [0.05, 0.1) is 12.0 Å². The van der Waals surface area contributed by atoms with Crippen LogP contribution in [0.25, 0.3) is 0 Å². The summed E-state index contributed by atoms with van der Waals surface area (Å²) in [5.74, 6) is -0.922. The highest BCUT2D eigenvalue weighted by molar-refractivity contribution is 6.02. The number of hydrogen-bond donors (Lipinski definition) is 2. The average Bonchev–Trinajstić information content (AvgIpc) is 2.81. The van der Waals surface area contributed by atoms with Crippen LogP contribution in [-0.4, -0.2) is 28.4 Å². The van der Waals surface area contributed by atoms with Crippen LogP contribution in [0.2, 0.25) is 0 Å². The summed E-state index contributed by atoms with van der Waals surface area (Å²) in [6.45, 7) is 0. The molecule has 1 aromatic rings. The molecule has 0 bridgehead atoms. The Bertz CT molecular complexity index is 513. The van der Waals surface area contributed by atoms with Gasteiger partial charge in [0.15, 0.2) is 11.4 Å². The van der Waals surface area contributed by atoms with Crippen molar-refractivity contribution in [1.82, 2.24) is 5.32 Å². The Morgan fingerprint density at radius 1 is 1.26 bits per heavy atom. The summed E-state index contributed by atoms with van der Waals surface area (Å²) < 4.78 is 0. The van der Waals surface area contributed by atoms with E-state index in [1.165, 1.54) is 0 Å². The van der Waals surface area contributed by atoms with Gasteiger partial charge in [-0.15, -0.1) is 0 Å². The summed E-state index contributed by atoms with van der Waals surface area (Å²) in [4.78, 5) is 24.4. The topological polar surface area (TPSA) is 66.4 Å². The Labute approximate surface area is 111 Å². The lowest BCUT2D eigenvalue weighted by Crippen LogP contribution is -2.63. The molecule has 2 aliphatic rings. The van der Waals surface area contributed by atoms with Gasteiger partial charge in [0, 0.05) is 0 Å². The normalized spacial score (nSPS) is 33.9. The number of benzene rings is 1. The Morgan fingerprint density at radius 3 is 2.74 bits per heavy atom. The van der Waals surface area contributed by atoms with Crippen molar-refractivity contribution in [3.63, 3.8) is 0 Å². The van der Waals surface area contributed by atoms with Crippen molar-refractivity contribution in [2.45, 2.75) is 37.3 Å². The summed E-state index contributed by atoms with van der Waals surface area (Å²) in [6, 6.07) is 9.12. The standard InChI is InChI=1S/C15H17NO3/c17-13-11-7-4-8-15(11,19)14(18)16-12(13)9-10-5-2-1-3-6-10/h1-3,5-6,11-12,19H,4,7-9H2,(H,16,18)/t11?,12-,15-/m0/s1. The lowest BCUT2D eigenvalue weighted by molar-refractivity contribution is -0.157. The fourth-order valence-electron chi connectivity index (χ4n) is 3.24. The van der Waals surface area contributed by atoms with Crippen LogP contribution in [0.5, 0.6) is 0 Å². The molecule has 4 nitrogen and oxygen atoms in total. The molecule has 1 unspecified atom stereocenters. The van der Waals surface area contributed by atoms with E-state index in [1.54, 1.807) is 0 Å². The smallest absolute Gasteiger partial charge is 0.253 e. The highest BCUT2D eigenvalue weighted by Crippen LogP contribution is 2.39. The summed E-state index contributed by atoms with van der Waals surface area (Å²) in [7, 11) is 0. The minimum atomic E-state index is -1.45. The first-order valence-corrected chi connectivity index (χ1v) is 6.72. The van der Waals surface area contributed by atoms with E-state index in [2.05, 4.69) is 5.32 Å². The number of amides is 1. The number of rotatable bonds is 2. The molecular formula is C15H17NO3. The zero-order valence-corrected chi connectivity index (χ0v) is 10.6. The Balaban J connectivity index is 1.81. The SMILES string of the molecule is O=C1C2CCC[C@@]2(O)C(=O)N[C@H]1Cc1ccccc1. The van der Waals surface area contributed by atoms with Crippen LogP contribution in [0.3, 0.4) is 0 Å². The summed E-state index contributed by atoms with van der Waals surface area (Å²) >= 11 is 0. The molecule has 3 rings (SSSR count). The molecule has 0 radical (unpaired) electrons. The predicted molar refractivity (Wildman–Crippen MR) is 69.4 cm³/mol. The van der Waals surface area contributed by atoms with E-state index in [-0.39, 0.29) is 11.7 Å². The third-order valence-corrected chi connectivity index (χ3v) is 4.30. The van der Waals surface area contributed by atoms with Crippen molar-refractivity contribution in [2.75, 3.05) is 0 Å². The van der Waals surface area contributed by atoms with E-state index in [9.17, 15) is 14.7 Å². The van der Waals surface area contributed by atoms with Gasteiger partial charge in [0.2, 0.25) is 0 Å². The number of carbonyl (C=O) groups is 2. The average molecular weight is 259 g/mol. The quantitative estimate of drug-likeness (QED) is 0.826. The van der Waals surface area contributed by atoms with Gasteiger partial charge in [0.1, 0.15) is 0 Å². The zero-order valence-electron chi connectivity index (χ0n) is 10.6. The van der Waals surface area contributed by atoms with Crippen LogP contribution < -0.4 is 5.32 Å². The number of aliphatic hydroxyl groups is 1. The molecule has 1 saturated heterocycles. The second-order valence-corrected chi connectivity index (χ2v) is 5.49. The van der Waals surface area contributed by atoms with Crippen molar-refractivity contribution in [3.8, 4) is 0 Å². The minimum Gasteiger partial charge on any atom is -0.379 e. The number of nitrogens with one attached hydrogen (secondary N) is 1. The zero-order chi connectivity index (χ0) is 13.5. The van der Waals surface area contributed by atoms with Gasteiger partial charge in [0.25, 0.3) is 5.91 Å². The van der Waals surface area contributed by atoms with Gasteiger partial charge in [-0.1, -0.05) is 30.3 Å². The summed E-state index contributed by atoms with van der Waals surface area (Å²) in [5, 5.41) is 13.0. The van der Waals surface area contributed by atoms with Gasteiger partial charge < -0.3 is 10.4 Å². The molecule has 100 valence electrons. The molecule has 1 heterocycles. The predicted octanol–water partition coefficient (Wildman–Crippen LogP) is 0.828. The first kappa shape index (κ1) is 12.4. The van der Waals surface area contributed by atoms with E-state index < -0.39 is 17.6 Å². The van der Waals surface area contributed by atoms with E-state index in [0.717, 1.165) is 12.0 Å². The molecular weight excluding hydrogens is 242 g/mol. The maximum atomic E-state index is 12.4. The number of piperidine rings is 1. The summed E-state index contributed by atoms with van der Waals surface area (Å²) in [6.07, 6.45) is 2.25. The molecule has 4 heteroatoms. The number of hydrogen-bond acceptors (Lipinski definition) is 3. The molecule has 3 atom stereocenters. The molecule has 2 N–H and O–H groups in total. The first-order chi connectivity index (χ1) is 9.11. The number of ketones is 1. The fraction of sp³-hybridized carbons (Fsp3) is 0.467. The van der Waals surface area contributed by atoms with Crippen LogP contribution >= 0.6 is 0 Å². The molecule has 1 amide bonds. The van der Waals surface area contributed by atoms with Crippen LogP contribution in [-0.2, 0) is 16.0 Å². The lowest BCUT2D eigenvalue weighted by atomic mass is 9.78. The monoisotopic (exact) mass is 259 g/mol. The van der Waals surface area contributed by atoms with E-state index in [1.807, 2.05) is 30.3 Å². The fourth-order valence-corrected chi connectivity index (χ4v) is 3.24. The highest BCUT2D eigenvalue weighted by Gasteiger charge is 2.55. The van der Waals surface area contributed by atoms with Crippen LogP contribution in [0.4, 0.5) is 0 Å². The largest absolute Gasteiger partial charge is 0.379 e. The highest BCUT2D eigenvalue weighted by atomic mass is 16.3. The second kappa shape index (κ2) is 4.46. The summed E-state index contributed by atoms with van der Waals surface area (Å²) in [5.41, 5.74) is -0.436. The van der Waals surface area contributed by atoms with Gasteiger partial charge in [-0.2, -0.15) is 0 Å². The molecule has 1 saturated carbocycles. The third kappa shape index (κ3) is 1.96. The first-order valence-electron chi connectivity index (χ1n) is 6.72. The maximum absolute atomic E-state index is 12.4. The molecule has 1 aliphatic heterocycles. The Morgan fingerprint density at radius 2 is 2.00 bits per heavy atom. The van der Waals surface area contributed by atoms with Gasteiger partial charge >= 0.3 is 0 Å².